The summed E-state index contributed by atoms with van der Waals surface area (Å²) in [7, 11) is 3.20. The zero-order chi connectivity index (χ0) is 13.7. The third-order valence-corrected chi connectivity index (χ3v) is 3.06. The van der Waals surface area contributed by atoms with E-state index in [0.29, 0.717) is 17.4 Å². The van der Waals surface area contributed by atoms with Crippen molar-refractivity contribution >= 4 is 12.0 Å². The maximum atomic E-state index is 11.6. The number of ether oxygens (including phenoxy) is 2. The van der Waals surface area contributed by atoms with Crippen molar-refractivity contribution in [3.05, 3.63) is 29.8 Å². The van der Waals surface area contributed by atoms with Gasteiger partial charge in [0.15, 0.2) is 0 Å². The molecule has 0 bridgehead atoms. The lowest BCUT2D eigenvalue weighted by atomic mass is 10.2. The third kappa shape index (κ3) is 4.32. The number of carbonyl (C=O) groups is 1. The first-order valence-corrected chi connectivity index (χ1v) is 6.40. The van der Waals surface area contributed by atoms with Crippen molar-refractivity contribution in [2.24, 2.45) is 5.92 Å². The second kappa shape index (κ2) is 6.27. The van der Waals surface area contributed by atoms with Crippen LogP contribution in [0.25, 0.3) is 6.08 Å². The minimum absolute atomic E-state index is 0.0614. The molecule has 102 valence electrons. The first kappa shape index (κ1) is 13.5. The first-order valence-electron chi connectivity index (χ1n) is 6.40. The summed E-state index contributed by atoms with van der Waals surface area (Å²) in [5.74, 6) is 2.04. The predicted molar refractivity (Wildman–Crippen MR) is 74.3 cm³/mol. The molecule has 0 heterocycles. The van der Waals surface area contributed by atoms with Gasteiger partial charge in [0.1, 0.15) is 11.5 Å². The lowest BCUT2D eigenvalue weighted by Crippen LogP contribution is -2.23. The normalized spacial score (nSPS) is 14.4. The van der Waals surface area contributed by atoms with Crippen LogP contribution in [0.1, 0.15) is 18.4 Å². The van der Waals surface area contributed by atoms with E-state index in [1.165, 1.54) is 18.9 Å². The van der Waals surface area contributed by atoms with Gasteiger partial charge in [-0.1, -0.05) is 0 Å². The van der Waals surface area contributed by atoms with Crippen LogP contribution < -0.4 is 14.8 Å². The molecule has 1 aromatic carbocycles. The molecule has 0 aromatic heterocycles. The average Bonchev–Trinajstić information content (AvgIpc) is 3.26. The first-order chi connectivity index (χ1) is 9.21. The number of rotatable bonds is 6. The maximum Gasteiger partial charge on any atom is 0.244 e. The Bertz CT molecular complexity index is 456. The number of nitrogens with one attached hydrogen (secondary N) is 1. The number of carbonyl (C=O) groups excluding carboxylic acids is 1. The van der Waals surface area contributed by atoms with Crippen LogP contribution in [0.2, 0.25) is 0 Å². The average molecular weight is 261 g/mol. The summed E-state index contributed by atoms with van der Waals surface area (Å²) in [4.78, 5) is 11.6. The van der Waals surface area contributed by atoms with Gasteiger partial charge in [-0.15, -0.1) is 0 Å². The molecule has 1 amide bonds. The Kier molecular flexibility index (Phi) is 4.44. The number of methoxy groups -OCH3 is 2. The van der Waals surface area contributed by atoms with Gasteiger partial charge in [-0.2, -0.15) is 0 Å². The monoisotopic (exact) mass is 261 g/mol. The largest absolute Gasteiger partial charge is 0.497 e. The van der Waals surface area contributed by atoms with Crippen LogP contribution in [0.15, 0.2) is 24.3 Å². The van der Waals surface area contributed by atoms with Gasteiger partial charge in [-0.3, -0.25) is 4.79 Å². The van der Waals surface area contributed by atoms with Crippen molar-refractivity contribution in [2.75, 3.05) is 20.8 Å². The summed E-state index contributed by atoms with van der Waals surface area (Å²) in [6.45, 7) is 0.782. The molecule has 1 aliphatic carbocycles. The molecule has 0 aliphatic heterocycles. The highest BCUT2D eigenvalue weighted by Gasteiger charge is 2.20. The highest BCUT2D eigenvalue weighted by molar-refractivity contribution is 5.91. The van der Waals surface area contributed by atoms with Crippen molar-refractivity contribution in [2.45, 2.75) is 12.8 Å². The molecule has 4 nitrogen and oxygen atoms in total. The highest BCUT2D eigenvalue weighted by atomic mass is 16.5. The zero-order valence-electron chi connectivity index (χ0n) is 11.3. The Morgan fingerprint density at radius 1 is 1.26 bits per heavy atom. The van der Waals surface area contributed by atoms with Gasteiger partial charge < -0.3 is 14.8 Å². The van der Waals surface area contributed by atoms with E-state index >= 15 is 0 Å². The second-order valence-corrected chi connectivity index (χ2v) is 4.67. The third-order valence-electron chi connectivity index (χ3n) is 3.06. The van der Waals surface area contributed by atoms with Crippen LogP contribution >= 0.6 is 0 Å². The fourth-order valence-corrected chi connectivity index (χ4v) is 1.72. The lowest BCUT2D eigenvalue weighted by Gasteiger charge is -2.05. The van der Waals surface area contributed by atoms with Gasteiger partial charge >= 0.3 is 0 Å². The Hall–Kier alpha value is -1.97. The van der Waals surface area contributed by atoms with Gasteiger partial charge in [0.2, 0.25) is 5.91 Å². The predicted octanol–water partition coefficient (Wildman–Crippen LogP) is 2.24. The summed E-state index contributed by atoms with van der Waals surface area (Å²) >= 11 is 0. The van der Waals surface area contributed by atoms with Crippen LogP contribution in [0.3, 0.4) is 0 Å². The van der Waals surface area contributed by atoms with E-state index in [-0.39, 0.29) is 5.91 Å². The van der Waals surface area contributed by atoms with Gasteiger partial charge in [0, 0.05) is 18.7 Å². The molecule has 1 saturated carbocycles. The Labute approximate surface area is 113 Å². The molecule has 1 N–H and O–H groups in total. The van der Waals surface area contributed by atoms with E-state index in [4.69, 9.17) is 9.47 Å². The van der Waals surface area contributed by atoms with Crippen molar-refractivity contribution in [1.82, 2.24) is 5.32 Å². The minimum atomic E-state index is -0.0614. The molecule has 2 rings (SSSR count). The SMILES string of the molecule is COc1cc(/C=C/C(=O)NCC2CC2)cc(OC)c1. The van der Waals surface area contributed by atoms with Crippen molar-refractivity contribution in [1.29, 1.82) is 0 Å². The van der Waals surface area contributed by atoms with Crippen LogP contribution in [0.4, 0.5) is 0 Å². The second-order valence-electron chi connectivity index (χ2n) is 4.67. The molecule has 0 unspecified atom stereocenters. The number of benzene rings is 1. The smallest absolute Gasteiger partial charge is 0.244 e. The molecule has 1 aromatic rings. The van der Waals surface area contributed by atoms with Crippen molar-refractivity contribution in [3.63, 3.8) is 0 Å². The van der Waals surface area contributed by atoms with E-state index in [2.05, 4.69) is 5.32 Å². The van der Waals surface area contributed by atoms with Crippen LogP contribution in [-0.4, -0.2) is 26.7 Å². The Morgan fingerprint density at radius 2 is 1.89 bits per heavy atom. The summed E-state index contributed by atoms with van der Waals surface area (Å²) in [6.07, 6.45) is 5.76. The topological polar surface area (TPSA) is 47.6 Å². The quantitative estimate of drug-likeness (QED) is 0.799. The minimum Gasteiger partial charge on any atom is -0.497 e. The van der Waals surface area contributed by atoms with E-state index in [9.17, 15) is 4.79 Å². The summed E-state index contributed by atoms with van der Waals surface area (Å²) in [5.41, 5.74) is 0.873. The molecule has 1 aliphatic rings. The molecule has 0 saturated heterocycles. The fraction of sp³-hybridized carbons (Fsp3) is 0.400. The van der Waals surface area contributed by atoms with Crippen molar-refractivity contribution in [3.8, 4) is 11.5 Å². The van der Waals surface area contributed by atoms with Gasteiger partial charge in [0.05, 0.1) is 14.2 Å². The zero-order valence-corrected chi connectivity index (χ0v) is 11.3. The molecular weight excluding hydrogens is 242 g/mol. The molecule has 0 radical (unpaired) electrons. The molecular formula is C15H19NO3. The van der Waals surface area contributed by atoms with Crippen LogP contribution in [0.5, 0.6) is 11.5 Å². The summed E-state index contributed by atoms with van der Waals surface area (Å²) < 4.78 is 10.4. The summed E-state index contributed by atoms with van der Waals surface area (Å²) in [5, 5.41) is 2.88. The Morgan fingerprint density at radius 3 is 2.42 bits per heavy atom. The van der Waals surface area contributed by atoms with Gasteiger partial charge in [-0.25, -0.2) is 0 Å². The molecule has 0 spiro atoms. The van der Waals surface area contributed by atoms with Crippen LogP contribution in [-0.2, 0) is 4.79 Å². The highest BCUT2D eigenvalue weighted by Crippen LogP contribution is 2.27. The van der Waals surface area contributed by atoms with E-state index in [1.807, 2.05) is 12.1 Å². The number of hydrogen-bond acceptors (Lipinski definition) is 3. The standard InChI is InChI=1S/C15H19NO3/c1-18-13-7-12(8-14(9-13)19-2)5-6-15(17)16-10-11-3-4-11/h5-9,11H,3-4,10H2,1-2H3,(H,16,17)/b6-5+. The summed E-state index contributed by atoms with van der Waals surface area (Å²) in [6, 6.07) is 5.50. The fourth-order valence-electron chi connectivity index (χ4n) is 1.72. The number of amides is 1. The van der Waals surface area contributed by atoms with E-state index in [1.54, 1.807) is 26.4 Å². The van der Waals surface area contributed by atoms with Gasteiger partial charge in [0.25, 0.3) is 0 Å². The van der Waals surface area contributed by atoms with E-state index < -0.39 is 0 Å². The molecule has 19 heavy (non-hydrogen) atoms. The van der Waals surface area contributed by atoms with Crippen molar-refractivity contribution < 1.29 is 14.3 Å². The van der Waals surface area contributed by atoms with Gasteiger partial charge in [-0.05, 0) is 42.5 Å². The molecule has 1 fully saturated rings. The molecule has 4 heteroatoms. The number of hydrogen-bond donors (Lipinski definition) is 1. The van der Waals surface area contributed by atoms with E-state index in [0.717, 1.165) is 12.1 Å². The Balaban J connectivity index is 1.97. The van der Waals surface area contributed by atoms with Crippen LogP contribution in [0, 0.1) is 5.92 Å². The molecule has 0 atom stereocenters. The lowest BCUT2D eigenvalue weighted by molar-refractivity contribution is -0.116. The maximum absolute atomic E-state index is 11.6.